The van der Waals surface area contributed by atoms with Crippen molar-refractivity contribution in [1.82, 2.24) is 19.5 Å². The number of rotatable bonds is 7. The van der Waals surface area contributed by atoms with Gasteiger partial charge in [-0.2, -0.15) is 9.61 Å². The van der Waals surface area contributed by atoms with Gasteiger partial charge in [0, 0.05) is 36.8 Å². The van der Waals surface area contributed by atoms with Crippen LogP contribution in [0.4, 0.5) is 5.82 Å². The summed E-state index contributed by atoms with van der Waals surface area (Å²) in [6, 6.07) is 27.4. The number of benzene rings is 3. The summed E-state index contributed by atoms with van der Waals surface area (Å²) in [5, 5.41) is 18.4. The predicted octanol–water partition coefficient (Wildman–Crippen LogP) is 6.42. The minimum atomic E-state index is 0.113. The molecule has 0 spiro atoms. The molecule has 1 aliphatic heterocycles. The number of amides is 1. The monoisotopic (exact) mass is 595 g/mol. The van der Waals surface area contributed by atoms with Gasteiger partial charge in [0.25, 0.3) is 5.91 Å². The van der Waals surface area contributed by atoms with Crippen LogP contribution >= 0.6 is 15.9 Å². The fraction of sp³-hybridized carbons (Fsp3) is 0.219. The molecular weight excluding hydrogens is 566 g/mol. The quantitative estimate of drug-likeness (QED) is 0.227. The summed E-state index contributed by atoms with van der Waals surface area (Å²) in [5.41, 5.74) is 5.08. The lowest BCUT2D eigenvalue weighted by Crippen LogP contribution is -2.40. The second-order valence-corrected chi connectivity index (χ2v) is 11.1. The van der Waals surface area contributed by atoms with Crippen molar-refractivity contribution in [3.63, 3.8) is 0 Å². The van der Waals surface area contributed by atoms with Crippen molar-refractivity contribution >= 4 is 33.3 Å². The van der Waals surface area contributed by atoms with E-state index >= 15 is 0 Å². The molecule has 0 bridgehead atoms. The summed E-state index contributed by atoms with van der Waals surface area (Å²) in [5.74, 6) is 1.52. The van der Waals surface area contributed by atoms with E-state index in [1.54, 1.807) is 22.8 Å². The molecule has 1 aliphatic rings. The van der Waals surface area contributed by atoms with Gasteiger partial charge in [-0.05, 0) is 70.4 Å². The van der Waals surface area contributed by atoms with Crippen LogP contribution < -0.4 is 5.32 Å². The van der Waals surface area contributed by atoms with Gasteiger partial charge >= 0.3 is 0 Å². The van der Waals surface area contributed by atoms with E-state index in [1.165, 1.54) is 5.56 Å². The Labute approximate surface area is 241 Å². The van der Waals surface area contributed by atoms with Crippen LogP contribution in [0.5, 0.6) is 5.75 Å². The molecular formula is C32H30BrN5O2. The molecule has 1 amide bonds. The number of carbonyl (C=O) groups excluding carboxylic acids is 1. The Morgan fingerprint density at radius 1 is 0.975 bits per heavy atom. The molecule has 2 N–H and O–H groups in total. The van der Waals surface area contributed by atoms with Gasteiger partial charge < -0.3 is 15.3 Å². The smallest absolute Gasteiger partial charge is 0.254 e. The summed E-state index contributed by atoms with van der Waals surface area (Å²) < 4.78 is 2.56. The summed E-state index contributed by atoms with van der Waals surface area (Å²) in [4.78, 5) is 20.2. The lowest BCUT2D eigenvalue weighted by Gasteiger charge is -2.32. The van der Waals surface area contributed by atoms with Crippen molar-refractivity contribution in [3.8, 4) is 17.0 Å². The van der Waals surface area contributed by atoms with Crippen molar-refractivity contribution < 1.29 is 9.90 Å². The van der Waals surface area contributed by atoms with E-state index in [1.807, 2.05) is 59.5 Å². The molecule has 6 rings (SSSR count). The number of aromatic nitrogens is 3. The second kappa shape index (κ2) is 11.5. The average molecular weight is 597 g/mol. The zero-order valence-corrected chi connectivity index (χ0v) is 23.6. The third-order valence-corrected chi connectivity index (χ3v) is 8.13. The summed E-state index contributed by atoms with van der Waals surface area (Å²) in [7, 11) is 0. The molecule has 0 radical (unpaired) electrons. The molecule has 7 nitrogen and oxygen atoms in total. The Bertz CT molecular complexity index is 1640. The lowest BCUT2D eigenvalue weighted by molar-refractivity contribution is 0.0694. The minimum absolute atomic E-state index is 0.113. The molecule has 3 aromatic carbocycles. The van der Waals surface area contributed by atoms with Crippen LogP contribution in [-0.2, 0) is 6.42 Å². The molecule has 5 aromatic rings. The molecule has 1 fully saturated rings. The Balaban J connectivity index is 1.12. The number of para-hydroxylation sites is 1. The van der Waals surface area contributed by atoms with Crippen molar-refractivity contribution in [2.75, 3.05) is 25.0 Å². The predicted molar refractivity (Wildman–Crippen MR) is 161 cm³/mol. The summed E-state index contributed by atoms with van der Waals surface area (Å²) >= 11 is 3.54. The fourth-order valence-corrected chi connectivity index (χ4v) is 5.70. The van der Waals surface area contributed by atoms with Crippen molar-refractivity contribution in [2.45, 2.75) is 19.3 Å². The molecule has 2 aromatic heterocycles. The number of aromatic hydroxyl groups is 1. The topological polar surface area (TPSA) is 82.8 Å². The van der Waals surface area contributed by atoms with Gasteiger partial charge in [-0.25, -0.2) is 4.98 Å². The average Bonchev–Trinajstić information content (AvgIpc) is 3.37. The van der Waals surface area contributed by atoms with E-state index in [4.69, 9.17) is 4.98 Å². The molecule has 0 saturated carbocycles. The molecule has 3 heterocycles. The Morgan fingerprint density at radius 2 is 1.70 bits per heavy atom. The zero-order chi connectivity index (χ0) is 27.5. The summed E-state index contributed by atoms with van der Waals surface area (Å²) in [6.07, 6.45) is 4.31. The molecule has 8 heteroatoms. The van der Waals surface area contributed by atoms with Crippen molar-refractivity contribution in [2.24, 2.45) is 5.92 Å². The van der Waals surface area contributed by atoms with Crippen LogP contribution in [0.2, 0.25) is 0 Å². The first-order chi connectivity index (χ1) is 19.6. The maximum atomic E-state index is 13.5. The number of fused-ring (bicyclic) bond motifs is 1. The number of hydrogen-bond donors (Lipinski definition) is 2. The minimum Gasteiger partial charge on any atom is -0.507 e. The van der Waals surface area contributed by atoms with Crippen LogP contribution in [0, 0.1) is 5.92 Å². The molecule has 0 aliphatic carbocycles. The standard InChI is InChI=1S/C32H30BrN5O2/c33-27-21-35-38-30(19-28(36-31(27)38)26-12-6-7-13-29(26)39)34-20-23-14-16-37(17-15-23)32(40)25-11-5-4-10-24(25)18-22-8-2-1-3-9-22/h1-13,19,21,23,34,39H,14-18,20H2. The van der Waals surface area contributed by atoms with Crippen LogP contribution in [0.15, 0.2) is 95.6 Å². The first-order valence-electron chi connectivity index (χ1n) is 13.5. The number of nitrogens with one attached hydrogen (secondary N) is 1. The van der Waals surface area contributed by atoms with Crippen molar-refractivity contribution in [3.05, 3.63) is 112 Å². The SMILES string of the molecule is O=C(c1ccccc1Cc1ccccc1)N1CCC(CNc2cc(-c3ccccc3O)nc3c(Br)cnn23)CC1. The largest absolute Gasteiger partial charge is 0.507 e. The number of nitrogens with zero attached hydrogens (tertiary/aromatic N) is 4. The maximum absolute atomic E-state index is 13.5. The highest BCUT2D eigenvalue weighted by Gasteiger charge is 2.25. The van der Waals surface area contributed by atoms with Gasteiger partial charge in [0.2, 0.25) is 0 Å². The Kier molecular flexibility index (Phi) is 7.51. The first kappa shape index (κ1) is 26.1. The Morgan fingerprint density at radius 3 is 2.50 bits per heavy atom. The number of anilines is 1. The first-order valence-corrected chi connectivity index (χ1v) is 14.3. The summed E-state index contributed by atoms with van der Waals surface area (Å²) in [6.45, 7) is 2.21. The molecule has 1 saturated heterocycles. The van der Waals surface area contributed by atoms with Gasteiger partial charge in [0.15, 0.2) is 5.65 Å². The molecule has 40 heavy (non-hydrogen) atoms. The fourth-order valence-electron chi connectivity index (χ4n) is 5.35. The number of hydrogen-bond acceptors (Lipinski definition) is 5. The highest BCUT2D eigenvalue weighted by molar-refractivity contribution is 9.10. The number of piperidine rings is 1. The van der Waals surface area contributed by atoms with Crippen molar-refractivity contribution in [1.29, 1.82) is 0 Å². The number of phenolic OH excluding ortho intramolecular Hbond substituents is 1. The maximum Gasteiger partial charge on any atom is 0.254 e. The van der Waals surface area contributed by atoms with E-state index in [0.717, 1.165) is 60.3 Å². The van der Waals surface area contributed by atoms with E-state index in [9.17, 15) is 9.90 Å². The normalized spacial score (nSPS) is 14.0. The lowest BCUT2D eigenvalue weighted by atomic mass is 9.94. The van der Waals surface area contributed by atoms with Crippen LogP contribution in [-0.4, -0.2) is 50.1 Å². The van der Waals surface area contributed by atoms with Gasteiger partial charge in [0.05, 0.1) is 16.4 Å². The third kappa shape index (κ3) is 5.45. The van der Waals surface area contributed by atoms with Gasteiger partial charge in [-0.3, -0.25) is 4.79 Å². The van der Waals surface area contributed by atoms with Crippen LogP contribution in [0.3, 0.4) is 0 Å². The highest BCUT2D eigenvalue weighted by Crippen LogP contribution is 2.31. The van der Waals surface area contributed by atoms with Gasteiger partial charge in [-0.1, -0.05) is 60.7 Å². The van der Waals surface area contributed by atoms with Gasteiger partial charge in [0.1, 0.15) is 11.6 Å². The molecule has 0 atom stereocenters. The van der Waals surface area contributed by atoms with Gasteiger partial charge in [-0.15, -0.1) is 0 Å². The Hall–Kier alpha value is -4.17. The number of likely N-dealkylation sites (tertiary alicyclic amines) is 1. The van der Waals surface area contributed by atoms with E-state index < -0.39 is 0 Å². The van der Waals surface area contributed by atoms with E-state index in [0.29, 0.717) is 22.8 Å². The number of carbonyl (C=O) groups is 1. The van der Waals surface area contributed by atoms with Crippen LogP contribution in [0.1, 0.15) is 34.3 Å². The van der Waals surface area contributed by atoms with E-state index in [2.05, 4.69) is 44.5 Å². The third-order valence-electron chi connectivity index (χ3n) is 7.57. The number of phenols is 1. The van der Waals surface area contributed by atoms with E-state index in [-0.39, 0.29) is 11.7 Å². The molecule has 0 unspecified atom stereocenters. The zero-order valence-electron chi connectivity index (χ0n) is 22.0. The molecule has 202 valence electrons. The number of halogens is 1. The highest BCUT2D eigenvalue weighted by atomic mass is 79.9. The second-order valence-electron chi connectivity index (χ2n) is 10.2. The van der Waals surface area contributed by atoms with Crippen LogP contribution in [0.25, 0.3) is 16.9 Å².